The molecule has 4 rings (SSSR count). The fourth-order valence-corrected chi connectivity index (χ4v) is 4.04. The molecule has 1 aliphatic heterocycles. The van der Waals surface area contributed by atoms with E-state index in [-0.39, 0.29) is 0 Å². The molecular formula is C25H29NO6S. The van der Waals surface area contributed by atoms with Crippen LogP contribution in [-0.2, 0) is 18.9 Å². The number of nitrogens with zero attached hydrogens (tertiary/aromatic N) is 1. The number of benzene rings is 2. The van der Waals surface area contributed by atoms with Crippen molar-refractivity contribution in [3.05, 3.63) is 53.0 Å². The van der Waals surface area contributed by atoms with E-state index in [1.165, 1.54) is 4.70 Å². The van der Waals surface area contributed by atoms with Gasteiger partial charge in [-0.15, -0.1) is 11.3 Å². The van der Waals surface area contributed by atoms with Gasteiger partial charge < -0.3 is 28.4 Å². The number of hydrogen-bond acceptors (Lipinski definition) is 8. The van der Waals surface area contributed by atoms with E-state index in [1.54, 1.807) is 11.3 Å². The number of rotatable bonds is 2. The number of hydrogen-bond donors (Lipinski definition) is 0. The molecule has 0 amide bonds. The molecule has 0 saturated heterocycles. The van der Waals surface area contributed by atoms with Gasteiger partial charge in [0.1, 0.15) is 18.2 Å². The number of ether oxygens (including phenoxy) is 6. The van der Waals surface area contributed by atoms with Gasteiger partial charge in [0.15, 0.2) is 11.5 Å². The quantitative estimate of drug-likeness (QED) is 0.552. The molecule has 33 heavy (non-hydrogen) atoms. The zero-order valence-corrected chi connectivity index (χ0v) is 19.4. The number of thiazole rings is 1. The van der Waals surface area contributed by atoms with Crippen molar-refractivity contribution >= 4 is 33.7 Å². The Morgan fingerprint density at radius 3 is 1.91 bits per heavy atom. The van der Waals surface area contributed by atoms with Crippen LogP contribution in [0.5, 0.6) is 11.5 Å². The van der Waals surface area contributed by atoms with Crippen molar-refractivity contribution in [2.75, 3.05) is 66.1 Å². The van der Waals surface area contributed by atoms with E-state index in [4.69, 9.17) is 28.4 Å². The van der Waals surface area contributed by atoms with Crippen molar-refractivity contribution in [1.29, 1.82) is 0 Å². The topological polar surface area (TPSA) is 68.3 Å². The lowest BCUT2D eigenvalue weighted by molar-refractivity contribution is -0.00841. The van der Waals surface area contributed by atoms with Crippen LogP contribution in [-0.4, -0.2) is 71.1 Å². The summed E-state index contributed by atoms with van der Waals surface area (Å²) >= 11 is 1.67. The van der Waals surface area contributed by atoms with Gasteiger partial charge in [-0.1, -0.05) is 24.3 Å². The lowest BCUT2D eigenvalue weighted by Crippen LogP contribution is -2.16. The van der Waals surface area contributed by atoms with Crippen LogP contribution < -0.4 is 9.47 Å². The predicted octanol–water partition coefficient (Wildman–Crippen LogP) is 4.30. The lowest BCUT2D eigenvalue weighted by atomic mass is 10.2. The van der Waals surface area contributed by atoms with Crippen LogP contribution in [0.15, 0.2) is 42.5 Å². The highest BCUT2D eigenvalue weighted by atomic mass is 32.1. The maximum atomic E-state index is 5.98. The van der Waals surface area contributed by atoms with Crippen LogP contribution in [0.4, 0.5) is 0 Å². The monoisotopic (exact) mass is 471 g/mol. The number of para-hydroxylation sites is 1. The Morgan fingerprint density at radius 2 is 1.24 bits per heavy atom. The minimum absolute atomic E-state index is 0.418. The van der Waals surface area contributed by atoms with Gasteiger partial charge in [-0.3, -0.25) is 0 Å². The smallest absolute Gasteiger partial charge is 0.161 e. The van der Waals surface area contributed by atoms with Crippen LogP contribution in [0.25, 0.3) is 22.4 Å². The predicted molar refractivity (Wildman–Crippen MR) is 129 cm³/mol. The van der Waals surface area contributed by atoms with Crippen molar-refractivity contribution in [2.45, 2.75) is 0 Å². The van der Waals surface area contributed by atoms with Crippen LogP contribution in [0, 0.1) is 0 Å². The third-order valence-corrected chi connectivity index (χ3v) is 5.78. The maximum Gasteiger partial charge on any atom is 0.161 e. The Morgan fingerprint density at radius 1 is 0.636 bits per heavy atom. The van der Waals surface area contributed by atoms with Gasteiger partial charge in [-0.05, 0) is 35.9 Å². The normalized spacial score (nSPS) is 17.6. The van der Waals surface area contributed by atoms with Crippen LogP contribution >= 0.6 is 11.3 Å². The van der Waals surface area contributed by atoms with Crippen LogP contribution in [0.2, 0.25) is 0 Å². The summed E-state index contributed by atoms with van der Waals surface area (Å²) in [4.78, 5) is 4.65. The molecule has 2 heterocycles. The first-order chi connectivity index (χ1) is 16.4. The molecule has 8 heteroatoms. The molecule has 0 fully saturated rings. The molecule has 0 spiro atoms. The number of fused-ring (bicyclic) bond motifs is 2. The average Bonchev–Trinajstić information content (AvgIpc) is 3.26. The molecule has 176 valence electrons. The summed E-state index contributed by atoms with van der Waals surface area (Å²) < 4.78 is 35.1. The molecule has 2 aromatic carbocycles. The maximum absolute atomic E-state index is 5.98. The Balaban J connectivity index is 1.41. The highest BCUT2D eigenvalue weighted by Gasteiger charge is 2.08. The van der Waals surface area contributed by atoms with E-state index in [0.717, 1.165) is 16.1 Å². The average molecular weight is 472 g/mol. The molecule has 3 aromatic rings. The van der Waals surface area contributed by atoms with Crippen molar-refractivity contribution in [1.82, 2.24) is 4.98 Å². The second-order valence-electron chi connectivity index (χ2n) is 7.21. The zero-order valence-electron chi connectivity index (χ0n) is 18.6. The second kappa shape index (κ2) is 13.3. The first-order valence-corrected chi connectivity index (χ1v) is 11.9. The number of aromatic nitrogens is 1. The standard InChI is InChI=1S/C25H29NO6S/c1-2-4-24-21(3-1)26-25(33-24)8-6-20-5-7-22-23(19-20)32-18-16-30-14-12-28-10-9-27-11-13-29-15-17-31-22/h1-8,19H,9-18H2/b8-6+. The SMILES string of the molecule is C(=C\c1nc2ccccc2s1)/c1ccc2c(c1)OCCOCCOCCOCCOCCO2. The second-order valence-corrected chi connectivity index (χ2v) is 8.27. The van der Waals surface area contributed by atoms with Gasteiger partial charge in [0.05, 0.1) is 63.1 Å². The van der Waals surface area contributed by atoms with Gasteiger partial charge in [0.25, 0.3) is 0 Å². The molecular weight excluding hydrogens is 442 g/mol. The summed E-state index contributed by atoms with van der Waals surface area (Å²) in [6.07, 6.45) is 4.05. The summed E-state index contributed by atoms with van der Waals surface area (Å²) in [5.74, 6) is 1.35. The van der Waals surface area contributed by atoms with Crippen molar-refractivity contribution in [2.24, 2.45) is 0 Å². The molecule has 0 bridgehead atoms. The van der Waals surface area contributed by atoms with Gasteiger partial charge in [0, 0.05) is 0 Å². The van der Waals surface area contributed by atoms with Gasteiger partial charge in [-0.2, -0.15) is 0 Å². The Hall–Kier alpha value is -2.49. The Bertz CT molecular complexity index is 988. The first kappa shape index (κ1) is 23.7. The van der Waals surface area contributed by atoms with Gasteiger partial charge in [-0.25, -0.2) is 4.98 Å². The molecule has 7 nitrogen and oxygen atoms in total. The zero-order chi connectivity index (χ0) is 22.6. The fraction of sp³-hybridized carbons (Fsp3) is 0.400. The fourth-order valence-electron chi connectivity index (χ4n) is 3.17. The molecule has 0 atom stereocenters. The van der Waals surface area contributed by atoms with E-state index in [2.05, 4.69) is 11.1 Å². The highest BCUT2D eigenvalue weighted by Crippen LogP contribution is 2.30. The summed E-state index contributed by atoms with van der Waals surface area (Å²) in [7, 11) is 0. The largest absolute Gasteiger partial charge is 0.487 e. The molecule has 1 aliphatic rings. The van der Waals surface area contributed by atoms with Gasteiger partial charge >= 0.3 is 0 Å². The summed E-state index contributed by atoms with van der Waals surface area (Å²) in [6, 6.07) is 14.0. The Labute approximate surface area is 197 Å². The lowest BCUT2D eigenvalue weighted by Gasteiger charge is -2.14. The molecule has 0 aliphatic carbocycles. The molecule has 1 aromatic heterocycles. The minimum atomic E-state index is 0.418. The third kappa shape index (κ3) is 7.80. The summed E-state index contributed by atoms with van der Waals surface area (Å²) in [6.45, 7) is 4.97. The summed E-state index contributed by atoms with van der Waals surface area (Å²) in [5.41, 5.74) is 2.02. The highest BCUT2D eigenvalue weighted by molar-refractivity contribution is 7.19. The minimum Gasteiger partial charge on any atom is -0.487 e. The van der Waals surface area contributed by atoms with Gasteiger partial charge in [0.2, 0.25) is 0 Å². The summed E-state index contributed by atoms with van der Waals surface area (Å²) in [5, 5.41) is 0.962. The van der Waals surface area contributed by atoms with Crippen LogP contribution in [0.1, 0.15) is 10.6 Å². The molecule has 0 N–H and O–H groups in total. The van der Waals surface area contributed by atoms with Crippen LogP contribution in [0.3, 0.4) is 0 Å². The molecule has 0 unspecified atom stereocenters. The van der Waals surface area contributed by atoms with Crippen molar-refractivity contribution < 1.29 is 28.4 Å². The van der Waals surface area contributed by atoms with Crippen molar-refractivity contribution in [3.63, 3.8) is 0 Å². The van der Waals surface area contributed by atoms with E-state index in [9.17, 15) is 0 Å². The van der Waals surface area contributed by atoms with Crippen molar-refractivity contribution in [3.8, 4) is 11.5 Å². The molecule has 0 radical (unpaired) electrons. The van der Waals surface area contributed by atoms with E-state index in [0.29, 0.717) is 77.6 Å². The first-order valence-electron chi connectivity index (χ1n) is 11.1. The van der Waals surface area contributed by atoms with E-state index >= 15 is 0 Å². The van der Waals surface area contributed by atoms with E-state index < -0.39 is 0 Å². The van der Waals surface area contributed by atoms with E-state index in [1.807, 2.05) is 48.6 Å². The molecule has 0 saturated carbocycles. The Kier molecular flexibility index (Phi) is 9.52. The third-order valence-electron chi connectivity index (χ3n) is 4.78.